The topological polar surface area (TPSA) is 72.9 Å². The predicted molar refractivity (Wildman–Crippen MR) is 78.8 cm³/mol. The standard InChI is InChI=1S/C15H16N4O2/c1-3-5-13-17-12-7-4-6-11(15(20)21)14(12)19(13)10-8-16-18(2)9-10/h4,6-9H,3,5H2,1-2H3,(H,20,21). The molecule has 0 amide bonds. The fraction of sp³-hybridized carbons (Fsp3) is 0.267. The molecule has 0 fully saturated rings. The zero-order valence-corrected chi connectivity index (χ0v) is 11.9. The lowest BCUT2D eigenvalue weighted by Gasteiger charge is -2.07. The summed E-state index contributed by atoms with van der Waals surface area (Å²) in [5.41, 5.74) is 2.41. The monoisotopic (exact) mass is 284 g/mol. The van der Waals surface area contributed by atoms with E-state index in [0.29, 0.717) is 11.0 Å². The molecule has 108 valence electrons. The largest absolute Gasteiger partial charge is 0.478 e. The summed E-state index contributed by atoms with van der Waals surface area (Å²) < 4.78 is 3.59. The number of hydrogen-bond donors (Lipinski definition) is 1. The molecule has 2 aromatic heterocycles. The highest BCUT2D eigenvalue weighted by Gasteiger charge is 2.19. The second kappa shape index (κ2) is 5.05. The summed E-state index contributed by atoms with van der Waals surface area (Å²) in [7, 11) is 1.83. The molecule has 0 bridgehead atoms. The van der Waals surface area contributed by atoms with Gasteiger partial charge in [0.15, 0.2) is 0 Å². The Labute approximate surface area is 121 Å². The van der Waals surface area contributed by atoms with Gasteiger partial charge in [0.25, 0.3) is 0 Å². The average Bonchev–Trinajstić information content (AvgIpc) is 3.01. The minimum atomic E-state index is -0.950. The molecule has 0 aliphatic rings. The molecule has 6 nitrogen and oxygen atoms in total. The molecule has 3 aromatic rings. The molecule has 0 atom stereocenters. The number of carbonyl (C=O) groups is 1. The summed E-state index contributed by atoms with van der Waals surface area (Å²) in [4.78, 5) is 16.1. The second-order valence-electron chi connectivity index (χ2n) is 4.96. The van der Waals surface area contributed by atoms with E-state index in [1.165, 1.54) is 0 Å². The Kier molecular flexibility index (Phi) is 3.21. The normalized spacial score (nSPS) is 11.1. The lowest BCUT2D eigenvalue weighted by Crippen LogP contribution is -2.04. The Bertz CT molecular complexity index is 816. The van der Waals surface area contributed by atoms with Crippen molar-refractivity contribution in [2.24, 2.45) is 7.05 Å². The fourth-order valence-electron chi connectivity index (χ4n) is 2.54. The Hall–Kier alpha value is -2.63. The van der Waals surface area contributed by atoms with E-state index in [1.807, 2.05) is 23.9 Å². The van der Waals surface area contributed by atoms with Gasteiger partial charge in [-0.1, -0.05) is 13.0 Å². The number of carboxylic acids is 1. The van der Waals surface area contributed by atoms with Gasteiger partial charge in [0.2, 0.25) is 0 Å². The molecule has 0 aliphatic carbocycles. The van der Waals surface area contributed by atoms with Crippen LogP contribution in [0.4, 0.5) is 0 Å². The van der Waals surface area contributed by atoms with Crippen LogP contribution in [-0.2, 0) is 13.5 Å². The maximum Gasteiger partial charge on any atom is 0.337 e. The Morgan fingerprint density at radius 1 is 1.38 bits per heavy atom. The van der Waals surface area contributed by atoms with Gasteiger partial charge in [-0.15, -0.1) is 0 Å². The lowest BCUT2D eigenvalue weighted by atomic mass is 10.2. The zero-order chi connectivity index (χ0) is 15.0. The van der Waals surface area contributed by atoms with Gasteiger partial charge in [-0.05, 0) is 18.6 Å². The lowest BCUT2D eigenvalue weighted by molar-refractivity contribution is 0.0698. The number of rotatable bonds is 4. The molecular formula is C15H16N4O2. The van der Waals surface area contributed by atoms with Crippen LogP contribution in [0.5, 0.6) is 0 Å². The van der Waals surface area contributed by atoms with Crippen LogP contribution in [0.15, 0.2) is 30.6 Å². The highest BCUT2D eigenvalue weighted by atomic mass is 16.4. The van der Waals surface area contributed by atoms with Crippen molar-refractivity contribution in [3.05, 3.63) is 42.0 Å². The summed E-state index contributed by atoms with van der Waals surface area (Å²) in [6.45, 7) is 2.07. The molecular weight excluding hydrogens is 268 g/mol. The molecule has 21 heavy (non-hydrogen) atoms. The molecule has 1 aromatic carbocycles. The number of benzene rings is 1. The molecule has 0 spiro atoms. The van der Waals surface area contributed by atoms with Gasteiger partial charge in [-0.3, -0.25) is 9.25 Å². The van der Waals surface area contributed by atoms with E-state index in [1.54, 1.807) is 23.0 Å². The molecule has 0 unspecified atom stereocenters. The van der Waals surface area contributed by atoms with Crippen molar-refractivity contribution >= 4 is 17.0 Å². The van der Waals surface area contributed by atoms with Crippen molar-refractivity contribution in [2.75, 3.05) is 0 Å². The van der Waals surface area contributed by atoms with Gasteiger partial charge >= 0.3 is 5.97 Å². The third kappa shape index (κ3) is 2.18. The van der Waals surface area contributed by atoms with Crippen LogP contribution in [0.2, 0.25) is 0 Å². The first-order valence-corrected chi connectivity index (χ1v) is 6.84. The third-order valence-corrected chi connectivity index (χ3v) is 3.40. The van der Waals surface area contributed by atoms with E-state index in [0.717, 1.165) is 24.4 Å². The first-order chi connectivity index (χ1) is 10.1. The second-order valence-corrected chi connectivity index (χ2v) is 4.96. The molecule has 0 aliphatic heterocycles. The molecule has 3 rings (SSSR count). The summed E-state index contributed by atoms with van der Waals surface area (Å²) >= 11 is 0. The highest BCUT2D eigenvalue weighted by molar-refractivity contribution is 6.01. The maximum absolute atomic E-state index is 11.5. The summed E-state index contributed by atoms with van der Waals surface area (Å²) in [6.07, 6.45) is 5.30. The Morgan fingerprint density at radius 2 is 2.19 bits per heavy atom. The minimum absolute atomic E-state index is 0.256. The summed E-state index contributed by atoms with van der Waals surface area (Å²) in [5, 5.41) is 13.6. The van der Waals surface area contributed by atoms with Gasteiger partial charge in [0.05, 0.1) is 28.5 Å². The molecule has 0 radical (unpaired) electrons. The quantitative estimate of drug-likeness (QED) is 0.798. The third-order valence-electron chi connectivity index (χ3n) is 3.40. The molecule has 2 heterocycles. The number of carboxylic acid groups (broad SMARTS) is 1. The van der Waals surface area contributed by atoms with Crippen LogP contribution in [0.25, 0.3) is 16.7 Å². The summed E-state index contributed by atoms with van der Waals surface area (Å²) in [5.74, 6) is -0.0945. The van der Waals surface area contributed by atoms with Crippen LogP contribution >= 0.6 is 0 Å². The number of para-hydroxylation sites is 1. The summed E-state index contributed by atoms with van der Waals surface area (Å²) in [6, 6.07) is 5.17. The smallest absolute Gasteiger partial charge is 0.337 e. The van der Waals surface area contributed by atoms with Gasteiger partial charge in [-0.25, -0.2) is 9.78 Å². The average molecular weight is 284 g/mol. The van der Waals surface area contributed by atoms with Crippen molar-refractivity contribution in [3.63, 3.8) is 0 Å². The highest BCUT2D eigenvalue weighted by Crippen LogP contribution is 2.25. The van der Waals surface area contributed by atoms with E-state index < -0.39 is 5.97 Å². The van der Waals surface area contributed by atoms with Crippen LogP contribution in [0.1, 0.15) is 29.5 Å². The molecule has 0 saturated heterocycles. The zero-order valence-electron chi connectivity index (χ0n) is 11.9. The van der Waals surface area contributed by atoms with Crippen molar-refractivity contribution in [1.29, 1.82) is 0 Å². The van der Waals surface area contributed by atoms with Crippen LogP contribution in [0, 0.1) is 0 Å². The number of imidazole rings is 1. The van der Waals surface area contributed by atoms with Gasteiger partial charge in [-0.2, -0.15) is 5.10 Å². The van der Waals surface area contributed by atoms with Gasteiger partial charge < -0.3 is 5.11 Å². The fourth-order valence-corrected chi connectivity index (χ4v) is 2.54. The van der Waals surface area contributed by atoms with Crippen LogP contribution in [0.3, 0.4) is 0 Å². The van der Waals surface area contributed by atoms with E-state index >= 15 is 0 Å². The number of aromatic carboxylic acids is 1. The van der Waals surface area contributed by atoms with E-state index in [-0.39, 0.29) is 5.56 Å². The molecule has 6 heteroatoms. The number of aryl methyl sites for hydroxylation is 2. The first-order valence-electron chi connectivity index (χ1n) is 6.84. The Morgan fingerprint density at radius 3 is 2.81 bits per heavy atom. The predicted octanol–water partition coefficient (Wildman–Crippen LogP) is 2.41. The van der Waals surface area contributed by atoms with Gasteiger partial charge in [0.1, 0.15) is 5.82 Å². The number of aromatic nitrogens is 4. The van der Waals surface area contributed by atoms with Crippen LogP contribution < -0.4 is 0 Å². The number of nitrogens with zero attached hydrogens (tertiary/aromatic N) is 4. The van der Waals surface area contributed by atoms with Crippen molar-refractivity contribution in [1.82, 2.24) is 19.3 Å². The van der Waals surface area contributed by atoms with E-state index in [9.17, 15) is 9.90 Å². The minimum Gasteiger partial charge on any atom is -0.478 e. The Balaban J connectivity index is 2.37. The number of fused-ring (bicyclic) bond motifs is 1. The van der Waals surface area contributed by atoms with Crippen molar-refractivity contribution in [2.45, 2.75) is 19.8 Å². The molecule has 1 N–H and O–H groups in total. The van der Waals surface area contributed by atoms with Crippen molar-refractivity contribution in [3.8, 4) is 5.69 Å². The SMILES string of the molecule is CCCc1nc2cccc(C(=O)O)c2n1-c1cnn(C)c1. The van der Waals surface area contributed by atoms with E-state index in [2.05, 4.69) is 17.0 Å². The van der Waals surface area contributed by atoms with Gasteiger partial charge in [0, 0.05) is 19.7 Å². The van der Waals surface area contributed by atoms with E-state index in [4.69, 9.17) is 0 Å². The maximum atomic E-state index is 11.5. The van der Waals surface area contributed by atoms with Crippen molar-refractivity contribution < 1.29 is 9.90 Å². The van der Waals surface area contributed by atoms with Crippen LogP contribution in [-0.4, -0.2) is 30.4 Å². The first kappa shape index (κ1) is 13.4. The number of hydrogen-bond acceptors (Lipinski definition) is 3. The molecule has 0 saturated carbocycles.